The maximum Gasteiger partial charge on any atom is 0.269 e. The maximum absolute atomic E-state index is 11.3. The summed E-state index contributed by atoms with van der Waals surface area (Å²) in [6.07, 6.45) is 1.71. The molecule has 0 aliphatic carbocycles. The van der Waals surface area contributed by atoms with E-state index in [1.165, 1.54) is 0 Å². The first-order valence-corrected chi connectivity index (χ1v) is 5.14. The lowest BCUT2D eigenvalue weighted by molar-refractivity contribution is 0.0958. The Morgan fingerprint density at radius 1 is 1.47 bits per heavy atom. The molecule has 1 N–H and O–H groups in total. The van der Waals surface area contributed by atoms with E-state index in [0.717, 1.165) is 10.9 Å². The molecular weight excluding hydrogens is 258 g/mol. The van der Waals surface area contributed by atoms with E-state index in [-0.39, 0.29) is 5.91 Å². The Morgan fingerprint density at radius 3 is 3.00 bits per heavy atom. The van der Waals surface area contributed by atoms with Crippen LogP contribution in [0.15, 0.2) is 29.0 Å². The molecule has 0 aliphatic rings. The third-order valence-corrected chi connectivity index (χ3v) is 2.43. The van der Waals surface area contributed by atoms with Crippen LogP contribution in [-0.2, 0) is 0 Å². The van der Waals surface area contributed by atoms with Crippen molar-refractivity contribution in [3.05, 3.63) is 34.7 Å². The third kappa shape index (κ3) is 1.97. The van der Waals surface area contributed by atoms with Crippen LogP contribution in [0.4, 0.5) is 0 Å². The Hall–Kier alpha value is -1.49. The van der Waals surface area contributed by atoms with Crippen molar-refractivity contribution in [3.8, 4) is 0 Å². The summed E-state index contributed by atoms with van der Waals surface area (Å²) in [7, 11) is 1.58. The lowest BCUT2D eigenvalue weighted by atomic mass is 10.2. The number of carbonyl (C=O) groups is 1. The normalized spacial score (nSPS) is 10.3. The molecule has 0 atom stereocenters. The van der Waals surface area contributed by atoms with Crippen LogP contribution >= 0.6 is 15.9 Å². The van der Waals surface area contributed by atoms with Crippen molar-refractivity contribution < 1.29 is 4.79 Å². The summed E-state index contributed by atoms with van der Waals surface area (Å²) in [6, 6.07) is 5.28. The zero-order chi connectivity index (χ0) is 10.8. The topological polar surface area (TPSA) is 54.9 Å². The Labute approximate surface area is 94.9 Å². The van der Waals surface area contributed by atoms with Gasteiger partial charge in [0.1, 0.15) is 10.3 Å². The van der Waals surface area contributed by atoms with Crippen LogP contribution in [0.2, 0.25) is 0 Å². The number of carbonyl (C=O) groups excluding carboxylic acids is 1. The molecule has 0 unspecified atom stereocenters. The predicted octanol–water partition coefficient (Wildman–Crippen LogP) is 1.75. The van der Waals surface area contributed by atoms with Crippen molar-refractivity contribution >= 4 is 32.7 Å². The average Bonchev–Trinajstić information content (AvgIpc) is 2.27. The zero-order valence-corrected chi connectivity index (χ0v) is 9.58. The number of nitrogens with zero attached hydrogens (tertiary/aromatic N) is 2. The summed E-state index contributed by atoms with van der Waals surface area (Å²) in [5, 5.41) is 3.44. The second kappa shape index (κ2) is 3.94. The van der Waals surface area contributed by atoms with Crippen molar-refractivity contribution in [2.45, 2.75) is 0 Å². The summed E-state index contributed by atoms with van der Waals surface area (Å²) in [4.78, 5) is 19.6. The van der Waals surface area contributed by atoms with Gasteiger partial charge in [0.25, 0.3) is 5.91 Å². The van der Waals surface area contributed by atoms with Gasteiger partial charge in [-0.1, -0.05) is 0 Å². The number of hydrogen-bond donors (Lipinski definition) is 1. The van der Waals surface area contributed by atoms with Gasteiger partial charge in [-0.25, -0.2) is 9.97 Å². The molecule has 0 saturated heterocycles. The monoisotopic (exact) mass is 265 g/mol. The average molecular weight is 266 g/mol. The van der Waals surface area contributed by atoms with Crippen molar-refractivity contribution in [2.75, 3.05) is 7.05 Å². The summed E-state index contributed by atoms with van der Waals surface area (Å²) in [6.45, 7) is 0. The minimum absolute atomic E-state index is 0.190. The molecule has 0 saturated carbocycles. The van der Waals surface area contributed by atoms with Gasteiger partial charge in [-0.05, 0) is 34.1 Å². The lowest BCUT2D eigenvalue weighted by Gasteiger charge is -2.01. The minimum Gasteiger partial charge on any atom is -0.354 e. The molecule has 0 bridgehead atoms. The summed E-state index contributed by atoms with van der Waals surface area (Å²) in [5.74, 6) is -0.190. The number of aromatic nitrogens is 2. The van der Waals surface area contributed by atoms with Gasteiger partial charge in [-0.3, -0.25) is 4.79 Å². The van der Waals surface area contributed by atoms with E-state index in [2.05, 4.69) is 31.2 Å². The molecule has 2 aromatic heterocycles. The highest BCUT2D eigenvalue weighted by atomic mass is 79.9. The fourth-order valence-corrected chi connectivity index (χ4v) is 1.57. The highest BCUT2D eigenvalue weighted by Crippen LogP contribution is 2.15. The van der Waals surface area contributed by atoms with E-state index >= 15 is 0 Å². The third-order valence-electron chi connectivity index (χ3n) is 2.00. The van der Waals surface area contributed by atoms with E-state index in [1.807, 2.05) is 6.07 Å². The van der Waals surface area contributed by atoms with Crippen LogP contribution in [0, 0.1) is 0 Å². The molecule has 0 fully saturated rings. The summed E-state index contributed by atoms with van der Waals surface area (Å²) in [5.41, 5.74) is 1.15. The number of amides is 1. The Bertz CT molecular complexity index is 527. The van der Waals surface area contributed by atoms with Crippen LogP contribution in [0.5, 0.6) is 0 Å². The molecule has 76 valence electrons. The van der Waals surface area contributed by atoms with E-state index in [0.29, 0.717) is 10.3 Å². The van der Waals surface area contributed by atoms with Gasteiger partial charge < -0.3 is 5.32 Å². The molecule has 1 amide bonds. The minimum atomic E-state index is -0.190. The molecule has 2 rings (SSSR count). The molecule has 0 aromatic carbocycles. The van der Waals surface area contributed by atoms with Gasteiger partial charge in [0.05, 0.1) is 5.52 Å². The number of pyridine rings is 2. The van der Waals surface area contributed by atoms with E-state index in [9.17, 15) is 4.79 Å². The Balaban J connectivity index is 2.59. The van der Waals surface area contributed by atoms with Crippen LogP contribution < -0.4 is 5.32 Å². The second-order valence-electron chi connectivity index (χ2n) is 2.98. The van der Waals surface area contributed by atoms with Crippen molar-refractivity contribution in [2.24, 2.45) is 0 Å². The SMILES string of the molecule is CNC(=O)c1ccc2cnc(Br)cc2n1. The van der Waals surface area contributed by atoms with Gasteiger partial charge in [-0.15, -0.1) is 0 Å². The molecule has 5 heteroatoms. The highest BCUT2D eigenvalue weighted by Gasteiger charge is 2.05. The first kappa shape index (κ1) is 10.0. The number of hydrogen-bond acceptors (Lipinski definition) is 3. The molecule has 4 nitrogen and oxygen atoms in total. The first-order valence-electron chi connectivity index (χ1n) is 4.35. The zero-order valence-electron chi connectivity index (χ0n) is 7.99. The molecule has 2 aromatic rings. The molecule has 0 radical (unpaired) electrons. The largest absolute Gasteiger partial charge is 0.354 e. The van der Waals surface area contributed by atoms with E-state index < -0.39 is 0 Å². The standard InChI is InChI=1S/C10H8BrN3O/c1-12-10(15)7-3-2-6-5-13-9(11)4-8(6)14-7/h2-5H,1H3,(H,12,15). The molecule has 0 spiro atoms. The number of fused-ring (bicyclic) bond motifs is 1. The fourth-order valence-electron chi connectivity index (χ4n) is 1.25. The fraction of sp³-hybridized carbons (Fsp3) is 0.100. The molecule has 15 heavy (non-hydrogen) atoms. The lowest BCUT2D eigenvalue weighted by Crippen LogP contribution is -2.19. The smallest absolute Gasteiger partial charge is 0.269 e. The van der Waals surface area contributed by atoms with Gasteiger partial charge >= 0.3 is 0 Å². The first-order chi connectivity index (χ1) is 7.20. The Morgan fingerprint density at radius 2 is 2.27 bits per heavy atom. The van der Waals surface area contributed by atoms with Crippen LogP contribution in [0.25, 0.3) is 10.9 Å². The van der Waals surface area contributed by atoms with Crippen LogP contribution in [0.3, 0.4) is 0 Å². The number of nitrogens with one attached hydrogen (secondary N) is 1. The molecular formula is C10H8BrN3O. The van der Waals surface area contributed by atoms with Crippen LogP contribution in [-0.4, -0.2) is 22.9 Å². The van der Waals surface area contributed by atoms with Gasteiger partial charge in [0, 0.05) is 18.6 Å². The van der Waals surface area contributed by atoms with E-state index in [1.54, 1.807) is 25.4 Å². The predicted molar refractivity (Wildman–Crippen MR) is 60.6 cm³/mol. The molecule has 2 heterocycles. The molecule has 0 aliphatic heterocycles. The number of halogens is 1. The second-order valence-corrected chi connectivity index (χ2v) is 3.79. The number of rotatable bonds is 1. The van der Waals surface area contributed by atoms with Crippen LogP contribution in [0.1, 0.15) is 10.5 Å². The maximum atomic E-state index is 11.3. The quantitative estimate of drug-likeness (QED) is 0.800. The summed E-state index contributed by atoms with van der Waals surface area (Å²) >= 11 is 3.26. The van der Waals surface area contributed by atoms with E-state index in [4.69, 9.17) is 0 Å². The summed E-state index contributed by atoms with van der Waals surface area (Å²) < 4.78 is 0.705. The van der Waals surface area contributed by atoms with Crippen molar-refractivity contribution in [1.29, 1.82) is 0 Å². The van der Waals surface area contributed by atoms with Crippen molar-refractivity contribution in [1.82, 2.24) is 15.3 Å². The Kier molecular flexibility index (Phi) is 2.64. The van der Waals surface area contributed by atoms with Gasteiger partial charge in [0.2, 0.25) is 0 Å². The van der Waals surface area contributed by atoms with Crippen molar-refractivity contribution in [3.63, 3.8) is 0 Å². The van der Waals surface area contributed by atoms with Gasteiger partial charge in [-0.2, -0.15) is 0 Å². The van der Waals surface area contributed by atoms with Gasteiger partial charge in [0.15, 0.2) is 0 Å². The highest BCUT2D eigenvalue weighted by molar-refractivity contribution is 9.10.